The van der Waals surface area contributed by atoms with E-state index in [4.69, 9.17) is 24.2 Å². The van der Waals surface area contributed by atoms with Gasteiger partial charge < -0.3 is 35.1 Å². The summed E-state index contributed by atoms with van der Waals surface area (Å²) < 4.78 is 20.1. The van der Waals surface area contributed by atoms with Gasteiger partial charge in [-0.1, -0.05) is 115 Å². The molecule has 4 aromatic carbocycles. The molecule has 2 amide bonds. The second kappa shape index (κ2) is 15.4. The van der Waals surface area contributed by atoms with Crippen molar-refractivity contribution < 1.29 is 43.6 Å². The van der Waals surface area contributed by atoms with Crippen LogP contribution in [0.25, 0.3) is 6.08 Å². The van der Waals surface area contributed by atoms with E-state index in [0.717, 1.165) is 27.8 Å². The fraction of sp³-hybridized carbons (Fsp3) is 0.326. The average molecular weight is 746 g/mol. The lowest BCUT2D eigenvalue weighted by atomic mass is 9.62. The molecule has 0 aromatic heterocycles. The predicted molar refractivity (Wildman–Crippen MR) is 200 cm³/mol. The van der Waals surface area contributed by atoms with E-state index < -0.39 is 53.5 Å². The number of fused-ring (bicyclic) bond motifs is 4. The zero-order chi connectivity index (χ0) is 38.0. The van der Waals surface area contributed by atoms with E-state index >= 15 is 0 Å². The first-order chi connectivity index (χ1) is 26.8. The van der Waals surface area contributed by atoms with Crippen molar-refractivity contribution in [2.75, 3.05) is 19.7 Å². The van der Waals surface area contributed by atoms with Gasteiger partial charge in [0.25, 0.3) is 0 Å². The topological polar surface area (TPSA) is 156 Å². The number of esters is 1. The number of hydroxylamine groups is 2. The molecular formula is C43H43N3O9. The van der Waals surface area contributed by atoms with Crippen LogP contribution >= 0.6 is 0 Å². The zero-order valence-corrected chi connectivity index (χ0v) is 30.1. The number of carbonyl (C=O) groups is 3. The molecule has 12 heteroatoms. The van der Waals surface area contributed by atoms with Crippen molar-refractivity contribution in [2.45, 2.75) is 62.1 Å². The summed E-state index contributed by atoms with van der Waals surface area (Å²) >= 11 is 0. The molecule has 4 N–H and O–H groups in total. The summed E-state index contributed by atoms with van der Waals surface area (Å²) in [5.41, 5.74) is 2.59. The van der Waals surface area contributed by atoms with Crippen LogP contribution in [0.4, 0.5) is 0 Å². The molecule has 6 unspecified atom stereocenters. The number of benzene rings is 4. The number of phenolic OH excluding ortho intramolecular Hbond substituents is 1. The summed E-state index contributed by atoms with van der Waals surface area (Å²) in [6.07, 6.45) is 1.21. The highest BCUT2D eigenvalue weighted by molar-refractivity contribution is 5.94. The number of aliphatic hydroxyl groups excluding tert-OH is 1. The quantitative estimate of drug-likeness (QED) is 0.149. The summed E-state index contributed by atoms with van der Waals surface area (Å²) in [4.78, 5) is 47.9. The number of amides is 2. The number of carbonyl (C=O) groups excluding carboxylic acids is 3. The SMILES string of the molecule is O=C(CCNC(=O)C12CC3OC(=O)C1N(Cc1cccc(C=CCc4ccccc4O)c1)OC2C1OC(c2ccccc2)(c2ccccc2)OC31)NCCO. The Kier molecular flexibility index (Phi) is 10.2. The van der Waals surface area contributed by atoms with Crippen LogP contribution < -0.4 is 10.6 Å². The van der Waals surface area contributed by atoms with Crippen LogP contribution in [0, 0.1) is 5.41 Å². The zero-order valence-electron chi connectivity index (χ0n) is 30.1. The largest absolute Gasteiger partial charge is 0.508 e. The molecule has 8 rings (SSSR count). The number of nitrogens with zero attached hydrogens (tertiary/aromatic N) is 1. The molecule has 6 atom stereocenters. The number of ether oxygens (including phenoxy) is 3. The van der Waals surface area contributed by atoms with E-state index in [0.29, 0.717) is 6.42 Å². The van der Waals surface area contributed by atoms with Gasteiger partial charge in [-0.2, -0.15) is 5.06 Å². The number of rotatable bonds is 13. The summed E-state index contributed by atoms with van der Waals surface area (Å²) in [5, 5.41) is 26.3. The Labute approximate surface area is 318 Å². The summed E-state index contributed by atoms with van der Waals surface area (Å²) in [6.45, 7) is 0.0730. The minimum atomic E-state index is -1.44. The molecule has 12 nitrogen and oxygen atoms in total. The highest BCUT2D eigenvalue weighted by atomic mass is 16.8. The minimum Gasteiger partial charge on any atom is -0.508 e. The van der Waals surface area contributed by atoms with Crippen molar-refractivity contribution in [3.63, 3.8) is 0 Å². The second-order valence-electron chi connectivity index (χ2n) is 14.3. The molecule has 3 aliphatic heterocycles. The van der Waals surface area contributed by atoms with Gasteiger partial charge in [0.15, 0.2) is 6.04 Å². The smallest absolute Gasteiger partial charge is 0.327 e. The Morgan fingerprint density at radius 1 is 0.855 bits per heavy atom. The van der Waals surface area contributed by atoms with Crippen LogP contribution in [0.1, 0.15) is 40.7 Å². The molecule has 0 radical (unpaired) electrons. The van der Waals surface area contributed by atoms with E-state index in [1.807, 2.05) is 109 Å². The van der Waals surface area contributed by atoms with Gasteiger partial charge in [-0.3, -0.25) is 19.2 Å². The molecule has 4 fully saturated rings. The van der Waals surface area contributed by atoms with Gasteiger partial charge in [0, 0.05) is 37.1 Å². The molecule has 2 bridgehead atoms. The Morgan fingerprint density at radius 3 is 2.29 bits per heavy atom. The first kappa shape index (κ1) is 36.6. The van der Waals surface area contributed by atoms with E-state index in [9.17, 15) is 19.5 Å². The molecule has 4 aliphatic rings. The summed E-state index contributed by atoms with van der Waals surface area (Å²) in [5.74, 6) is -2.52. The van der Waals surface area contributed by atoms with Gasteiger partial charge in [-0.15, -0.1) is 0 Å². The highest BCUT2D eigenvalue weighted by Crippen LogP contribution is 2.59. The average Bonchev–Trinajstić information content (AvgIpc) is 3.78. The molecule has 1 saturated carbocycles. The predicted octanol–water partition coefficient (Wildman–Crippen LogP) is 3.75. The van der Waals surface area contributed by atoms with Gasteiger partial charge in [-0.05, 0) is 29.2 Å². The maximum atomic E-state index is 14.6. The van der Waals surface area contributed by atoms with E-state index in [1.54, 1.807) is 17.2 Å². The first-order valence-corrected chi connectivity index (χ1v) is 18.6. The second-order valence-corrected chi connectivity index (χ2v) is 14.3. The highest BCUT2D eigenvalue weighted by Gasteiger charge is 2.76. The van der Waals surface area contributed by atoms with Gasteiger partial charge in [0.05, 0.1) is 13.2 Å². The lowest BCUT2D eigenvalue weighted by Gasteiger charge is -2.48. The van der Waals surface area contributed by atoms with Crippen molar-refractivity contribution in [1.82, 2.24) is 15.7 Å². The Bertz CT molecular complexity index is 2020. The van der Waals surface area contributed by atoms with Crippen LogP contribution in [-0.2, 0) is 52.2 Å². The third-order valence-electron chi connectivity index (χ3n) is 10.9. The first-order valence-electron chi connectivity index (χ1n) is 18.6. The summed E-state index contributed by atoms with van der Waals surface area (Å²) in [6, 6.07) is 32.9. The van der Waals surface area contributed by atoms with Crippen LogP contribution in [0.15, 0.2) is 115 Å². The van der Waals surface area contributed by atoms with Gasteiger partial charge in [-0.25, -0.2) is 0 Å². The third kappa shape index (κ3) is 6.81. The van der Waals surface area contributed by atoms with Gasteiger partial charge in [0.2, 0.25) is 17.6 Å². The van der Waals surface area contributed by atoms with Crippen LogP contribution in [-0.4, -0.2) is 83.2 Å². The van der Waals surface area contributed by atoms with Crippen molar-refractivity contribution in [3.05, 3.63) is 143 Å². The fourth-order valence-corrected chi connectivity index (χ4v) is 8.41. The van der Waals surface area contributed by atoms with E-state index in [-0.39, 0.29) is 50.7 Å². The monoisotopic (exact) mass is 745 g/mol. The lowest BCUT2D eigenvalue weighted by molar-refractivity contribution is -0.213. The number of aromatic hydroxyl groups is 1. The number of para-hydroxylation sites is 1. The fourth-order valence-electron chi connectivity index (χ4n) is 8.41. The molecule has 1 aliphatic carbocycles. The number of phenols is 1. The molecule has 3 heterocycles. The van der Waals surface area contributed by atoms with Crippen molar-refractivity contribution in [2.24, 2.45) is 5.41 Å². The maximum Gasteiger partial charge on any atom is 0.327 e. The van der Waals surface area contributed by atoms with Crippen molar-refractivity contribution in [3.8, 4) is 5.75 Å². The number of nitrogens with one attached hydrogen (secondary N) is 2. The molecule has 3 saturated heterocycles. The number of aliphatic hydroxyl groups is 1. The van der Waals surface area contributed by atoms with Crippen LogP contribution in [0.2, 0.25) is 0 Å². The third-order valence-corrected chi connectivity index (χ3v) is 10.9. The van der Waals surface area contributed by atoms with E-state index in [2.05, 4.69) is 10.6 Å². The summed E-state index contributed by atoms with van der Waals surface area (Å²) in [7, 11) is 0. The van der Waals surface area contributed by atoms with Crippen molar-refractivity contribution in [1.29, 1.82) is 0 Å². The number of allylic oxidation sites excluding steroid dienone is 1. The van der Waals surface area contributed by atoms with Crippen LogP contribution in [0.5, 0.6) is 5.75 Å². The molecule has 4 aromatic rings. The van der Waals surface area contributed by atoms with Gasteiger partial charge >= 0.3 is 5.97 Å². The minimum absolute atomic E-state index is 0.00948. The number of hydrogen-bond donors (Lipinski definition) is 4. The Morgan fingerprint density at radius 2 is 1.56 bits per heavy atom. The van der Waals surface area contributed by atoms with Gasteiger partial charge in [0.1, 0.15) is 35.6 Å². The van der Waals surface area contributed by atoms with E-state index in [1.165, 1.54) is 0 Å². The van der Waals surface area contributed by atoms with Crippen LogP contribution in [0.3, 0.4) is 0 Å². The Hall–Kier alpha value is -5.37. The molecule has 284 valence electrons. The number of hydrogen-bond acceptors (Lipinski definition) is 10. The molecular weight excluding hydrogens is 702 g/mol. The van der Waals surface area contributed by atoms with Crippen molar-refractivity contribution >= 4 is 23.9 Å². The molecule has 0 spiro atoms. The normalized spacial score (nSPS) is 26.3. The standard InChI is InChI=1S/C43H43N3O9/c47-24-23-44-35(49)21-22-45-41(51)42-26-34-36-37(54-43(53-36,31-16-3-1-4-17-31)32-18-5-2-6-19-32)39(42)55-46(38(42)40(50)52-34)27-29-13-9-11-28(25-29)12-10-15-30-14-7-8-20-33(30)48/h1-14,16-20,25,34,36-39,47-48H,15,21-24,26-27H2,(H,44,49)(H,45,51). The molecule has 55 heavy (non-hydrogen) atoms. The Balaban J connectivity index is 1.12. The lowest BCUT2D eigenvalue weighted by Crippen LogP contribution is -2.69. The maximum absolute atomic E-state index is 14.6.